The summed E-state index contributed by atoms with van der Waals surface area (Å²) in [6.07, 6.45) is 0. The van der Waals surface area contributed by atoms with Crippen molar-refractivity contribution >= 4 is 0 Å². The normalized spacial score (nSPS) is 6.75. The van der Waals surface area contributed by atoms with Gasteiger partial charge in [0.1, 0.15) is 0 Å². The van der Waals surface area contributed by atoms with Crippen molar-refractivity contribution in [2.24, 2.45) is 0 Å². The van der Waals surface area contributed by atoms with Crippen LogP contribution in [0.2, 0.25) is 0 Å². The van der Waals surface area contributed by atoms with Gasteiger partial charge in [-0.1, -0.05) is 0 Å². The maximum absolute atomic E-state index is 8.41. The standard InChI is InChI=1S/3ClO3.3Li.H2O/c3*2-1(3)4;;;;/h;;;;;;1H2/q3*-1;3*+1;. The van der Waals surface area contributed by atoms with E-state index in [0.717, 1.165) is 0 Å². The Balaban J connectivity index is -0.0000000135. The zero-order valence-corrected chi connectivity index (χ0v) is 10.6. The summed E-state index contributed by atoms with van der Waals surface area (Å²) in [6, 6.07) is 0. The number of halogens is 3. The summed E-state index contributed by atoms with van der Waals surface area (Å²) in [4.78, 5) is 0. The first kappa shape index (κ1) is 42.9. The van der Waals surface area contributed by atoms with Gasteiger partial charge in [-0.3, -0.25) is 0 Å². The SMILES string of the molecule is O.[Li+].[Li+].[Li+].[O-][Cl+2]([O-])[O-].[O-][Cl+2]([O-])[O-].[O-][Cl+2]([O-])[O-]. The molecule has 0 aromatic carbocycles. The smallest absolute Gasteiger partial charge is 0.412 e. The van der Waals surface area contributed by atoms with Gasteiger partial charge in [0.25, 0.3) is 0 Å². The molecule has 86 valence electrons. The molecule has 0 saturated carbocycles. The molecular formula is H2Cl3Li3O10. The summed E-state index contributed by atoms with van der Waals surface area (Å²) in [6.45, 7) is 0. The van der Waals surface area contributed by atoms with Crippen molar-refractivity contribution in [1.82, 2.24) is 0 Å². The van der Waals surface area contributed by atoms with Crippen LogP contribution in [-0.2, 0) is 0 Å². The van der Waals surface area contributed by atoms with Crippen LogP contribution in [0.1, 0.15) is 0 Å². The van der Waals surface area contributed by atoms with Gasteiger partial charge in [-0.05, 0) is 0 Å². The molecule has 0 aromatic heterocycles. The third-order valence-electron chi connectivity index (χ3n) is 0. The van der Waals surface area contributed by atoms with E-state index < -0.39 is 32.4 Å². The average Bonchev–Trinajstić information content (AvgIpc) is 1.54. The van der Waals surface area contributed by atoms with E-state index in [4.69, 9.17) is 41.9 Å². The average molecular weight is 289 g/mol. The molecule has 0 rings (SSSR count). The second-order valence-electron chi connectivity index (χ2n) is 0.567. The van der Waals surface area contributed by atoms with Gasteiger partial charge in [-0.25, -0.2) is 0 Å². The van der Waals surface area contributed by atoms with E-state index in [1.165, 1.54) is 0 Å². The van der Waals surface area contributed by atoms with Crippen LogP contribution in [0.15, 0.2) is 0 Å². The molecule has 16 heteroatoms. The van der Waals surface area contributed by atoms with Crippen molar-refractivity contribution in [3.8, 4) is 0 Å². The second kappa shape index (κ2) is 36.0. The molecule has 0 aliphatic rings. The zero-order chi connectivity index (χ0) is 10.7. The molecule has 0 radical (unpaired) electrons. The minimum atomic E-state index is -2.85. The third-order valence-corrected chi connectivity index (χ3v) is 0. The molecule has 0 unspecified atom stereocenters. The molecule has 0 heterocycles. The van der Waals surface area contributed by atoms with Crippen LogP contribution in [0, 0.1) is 32.4 Å². The Kier molecular flexibility index (Phi) is 96.5. The molecular weight excluding hydrogens is 287 g/mol. The van der Waals surface area contributed by atoms with E-state index in [9.17, 15) is 0 Å². The Morgan fingerprint density at radius 2 is 0.375 bits per heavy atom. The largest absolute Gasteiger partial charge is 1.00 e. The summed E-state index contributed by atoms with van der Waals surface area (Å²) < 4.78 is 75.7. The van der Waals surface area contributed by atoms with Gasteiger partial charge in [0.15, 0.2) is 0 Å². The van der Waals surface area contributed by atoms with Crippen molar-refractivity contribution in [2.45, 2.75) is 0 Å². The first-order chi connectivity index (χ1) is 5.20. The monoisotopic (exact) mass is 288 g/mol. The van der Waals surface area contributed by atoms with Gasteiger partial charge in [-0.2, -0.15) is 0 Å². The summed E-state index contributed by atoms with van der Waals surface area (Å²) in [5, 5.41) is 0. The minimum Gasteiger partial charge on any atom is -0.412 e. The predicted molar refractivity (Wildman–Crippen MR) is 3.61 cm³/mol. The van der Waals surface area contributed by atoms with Crippen molar-refractivity contribution in [2.75, 3.05) is 0 Å². The fourth-order valence-electron chi connectivity index (χ4n) is 0. The van der Waals surface area contributed by atoms with E-state index >= 15 is 0 Å². The molecule has 0 aromatic rings. The number of hydrogen-bond donors (Lipinski definition) is 0. The van der Waals surface area contributed by atoms with Crippen LogP contribution >= 0.6 is 0 Å². The van der Waals surface area contributed by atoms with E-state index in [-0.39, 0.29) is 62.1 Å². The molecule has 2 N–H and O–H groups in total. The molecule has 0 saturated heterocycles. The maximum atomic E-state index is 8.41. The Labute approximate surface area is 135 Å². The van der Waals surface area contributed by atoms with Crippen LogP contribution in [0.25, 0.3) is 0 Å². The molecule has 0 fully saturated rings. The summed E-state index contributed by atoms with van der Waals surface area (Å²) >= 11 is 0. The molecule has 0 spiro atoms. The topological polar surface area (TPSA) is 239 Å². The summed E-state index contributed by atoms with van der Waals surface area (Å²) in [5.74, 6) is 0. The van der Waals surface area contributed by atoms with E-state index in [2.05, 4.69) is 0 Å². The Morgan fingerprint density at radius 1 is 0.375 bits per heavy atom. The van der Waals surface area contributed by atoms with E-state index in [1.54, 1.807) is 0 Å². The molecule has 0 atom stereocenters. The van der Waals surface area contributed by atoms with E-state index in [0.29, 0.717) is 0 Å². The van der Waals surface area contributed by atoms with Crippen molar-refractivity contribution in [3.63, 3.8) is 0 Å². The summed E-state index contributed by atoms with van der Waals surface area (Å²) in [5.41, 5.74) is 0. The van der Waals surface area contributed by atoms with Gasteiger partial charge in [0, 0.05) is 0 Å². The summed E-state index contributed by atoms with van der Waals surface area (Å²) in [7, 11) is -8.56. The van der Waals surface area contributed by atoms with Crippen molar-refractivity contribution in [3.05, 3.63) is 0 Å². The van der Waals surface area contributed by atoms with Gasteiger partial charge in [0.05, 0.1) is 32.4 Å². The molecule has 16 heavy (non-hydrogen) atoms. The van der Waals surface area contributed by atoms with Crippen LogP contribution in [-0.4, -0.2) is 5.48 Å². The van der Waals surface area contributed by atoms with Gasteiger partial charge in [-0.15, -0.1) is 0 Å². The quantitative estimate of drug-likeness (QED) is 0.383. The fourth-order valence-corrected chi connectivity index (χ4v) is 0. The van der Waals surface area contributed by atoms with Gasteiger partial charge < -0.3 is 47.4 Å². The van der Waals surface area contributed by atoms with Crippen molar-refractivity contribution in [1.29, 1.82) is 0 Å². The zero-order valence-electron chi connectivity index (χ0n) is 8.31. The number of hydrogen-bond acceptors (Lipinski definition) is 9. The number of rotatable bonds is 0. The molecule has 0 amide bonds. The fraction of sp³-hybridized carbons (Fsp3) is 0. The predicted octanol–water partition coefficient (Wildman–Crippen LogP) is -20.5. The Morgan fingerprint density at radius 3 is 0.375 bits per heavy atom. The van der Waals surface area contributed by atoms with Crippen LogP contribution in [0.4, 0.5) is 0 Å². The second-order valence-corrected chi connectivity index (χ2v) is 1.70. The molecule has 0 bridgehead atoms. The first-order valence-corrected chi connectivity index (χ1v) is 4.17. The Bertz CT molecular complexity index is 49.8. The Hall–Kier alpha value is 2.26. The van der Waals surface area contributed by atoms with Gasteiger partial charge >= 0.3 is 56.6 Å². The van der Waals surface area contributed by atoms with E-state index in [1.807, 2.05) is 0 Å². The first-order valence-electron chi connectivity index (χ1n) is 1.39. The van der Waals surface area contributed by atoms with Crippen LogP contribution in [0.3, 0.4) is 0 Å². The maximum Gasteiger partial charge on any atom is 1.00 e. The van der Waals surface area contributed by atoms with Crippen LogP contribution in [0.5, 0.6) is 0 Å². The minimum absolute atomic E-state index is 0. The molecule has 0 aliphatic heterocycles. The molecule has 10 nitrogen and oxygen atoms in total. The van der Waals surface area contributed by atoms with Crippen LogP contribution < -0.4 is 98.5 Å². The third kappa shape index (κ3) is 740. The van der Waals surface area contributed by atoms with Crippen molar-refractivity contribution < 1.29 is 136 Å². The van der Waals surface area contributed by atoms with Gasteiger partial charge in [0.2, 0.25) is 0 Å². The molecule has 0 aliphatic carbocycles.